The predicted molar refractivity (Wildman–Crippen MR) is 240 cm³/mol. The van der Waals surface area contributed by atoms with Crippen molar-refractivity contribution in [2.75, 3.05) is 0 Å². The van der Waals surface area contributed by atoms with Crippen LogP contribution in [0.4, 0.5) is 0 Å². The third kappa shape index (κ3) is 5.02. The van der Waals surface area contributed by atoms with E-state index >= 15 is 0 Å². The van der Waals surface area contributed by atoms with Gasteiger partial charge >= 0.3 is 0 Å². The Morgan fingerprint density at radius 3 is 1.74 bits per heavy atom. The van der Waals surface area contributed by atoms with Crippen molar-refractivity contribution in [2.24, 2.45) is 0 Å². The molecule has 12 aromatic rings. The van der Waals surface area contributed by atoms with Gasteiger partial charge in [-0.1, -0.05) is 158 Å². The van der Waals surface area contributed by atoms with E-state index < -0.39 is 0 Å². The highest BCUT2D eigenvalue weighted by Gasteiger charge is 2.22. The van der Waals surface area contributed by atoms with Crippen LogP contribution >= 0.6 is 0 Å². The average molecular weight is 740 g/mol. The molecule has 4 heteroatoms. The van der Waals surface area contributed by atoms with Gasteiger partial charge in [-0.3, -0.25) is 0 Å². The summed E-state index contributed by atoms with van der Waals surface area (Å²) >= 11 is 0. The maximum Gasteiger partial charge on any atom is 0.180 e. The van der Waals surface area contributed by atoms with Gasteiger partial charge in [0, 0.05) is 32.7 Å². The molecule has 0 saturated carbocycles. The zero-order valence-corrected chi connectivity index (χ0v) is 31.3. The molecule has 0 aliphatic heterocycles. The highest BCUT2D eigenvalue weighted by atomic mass is 16.3. The molecule has 0 atom stereocenters. The fourth-order valence-electron chi connectivity index (χ4n) is 8.90. The number of rotatable bonds is 5. The lowest BCUT2D eigenvalue weighted by atomic mass is 10.0. The molecule has 0 radical (unpaired) electrons. The number of nitrogens with zero attached hydrogens (tertiary/aromatic N) is 3. The van der Waals surface area contributed by atoms with E-state index in [2.05, 4.69) is 180 Å². The largest absolute Gasteiger partial charge is 0.452 e. The van der Waals surface area contributed by atoms with Gasteiger partial charge in [0.15, 0.2) is 11.4 Å². The van der Waals surface area contributed by atoms with E-state index in [0.717, 1.165) is 66.4 Å². The van der Waals surface area contributed by atoms with Gasteiger partial charge in [-0.25, -0.2) is 9.97 Å². The number of hydrogen-bond acceptors (Lipinski definition) is 3. The summed E-state index contributed by atoms with van der Waals surface area (Å²) in [6.45, 7) is 0. The molecular weight excluding hydrogens is 707 g/mol. The summed E-state index contributed by atoms with van der Waals surface area (Å²) in [5.41, 5.74) is 13.1. The van der Waals surface area contributed by atoms with E-state index in [0.29, 0.717) is 11.4 Å². The molecule has 0 unspecified atom stereocenters. The quantitative estimate of drug-likeness (QED) is 0.177. The molecule has 0 amide bonds. The fraction of sp³-hybridized carbons (Fsp3) is 0. The molecule has 58 heavy (non-hydrogen) atoms. The molecule has 0 N–H and O–H groups in total. The molecule has 0 saturated heterocycles. The van der Waals surface area contributed by atoms with Gasteiger partial charge in [-0.05, 0) is 80.9 Å². The molecule has 0 bridgehead atoms. The van der Waals surface area contributed by atoms with Gasteiger partial charge in [-0.2, -0.15) is 0 Å². The Labute approximate surface area is 333 Å². The molecule has 0 aliphatic carbocycles. The number of hydrogen-bond donors (Lipinski definition) is 0. The van der Waals surface area contributed by atoms with Crippen molar-refractivity contribution in [2.45, 2.75) is 0 Å². The van der Waals surface area contributed by atoms with Gasteiger partial charge in [0.1, 0.15) is 16.8 Å². The summed E-state index contributed by atoms with van der Waals surface area (Å²) in [6, 6.07) is 71.0. The Balaban J connectivity index is 1.11. The van der Waals surface area contributed by atoms with Crippen LogP contribution < -0.4 is 0 Å². The summed E-state index contributed by atoms with van der Waals surface area (Å²) in [5.74, 6) is 0.655. The van der Waals surface area contributed by atoms with Crippen molar-refractivity contribution in [3.05, 3.63) is 200 Å². The van der Waals surface area contributed by atoms with Crippen LogP contribution in [0, 0.1) is 0 Å². The van der Waals surface area contributed by atoms with E-state index in [1.807, 2.05) is 24.3 Å². The summed E-state index contributed by atoms with van der Waals surface area (Å²) in [5, 5.41) is 8.11. The maximum atomic E-state index is 6.60. The third-order valence-electron chi connectivity index (χ3n) is 11.6. The summed E-state index contributed by atoms with van der Waals surface area (Å²) in [4.78, 5) is 10.7. The first-order valence-corrected chi connectivity index (χ1v) is 19.7. The number of benzene rings is 9. The molecule has 3 heterocycles. The molecular formula is C54H33N3O. The lowest BCUT2D eigenvalue weighted by Crippen LogP contribution is -1.98. The van der Waals surface area contributed by atoms with Gasteiger partial charge < -0.3 is 8.98 Å². The van der Waals surface area contributed by atoms with E-state index in [4.69, 9.17) is 14.4 Å². The van der Waals surface area contributed by atoms with Crippen LogP contribution in [-0.4, -0.2) is 14.5 Å². The van der Waals surface area contributed by atoms with Crippen molar-refractivity contribution < 1.29 is 4.42 Å². The molecule has 0 fully saturated rings. The first-order chi connectivity index (χ1) is 28.8. The zero-order valence-electron chi connectivity index (χ0n) is 31.3. The van der Waals surface area contributed by atoms with Gasteiger partial charge in [0.25, 0.3) is 0 Å². The highest BCUT2D eigenvalue weighted by molar-refractivity contribution is 6.22. The Kier molecular flexibility index (Phi) is 7.20. The molecule has 270 valence electrons. The SMILES string of the molecule is c1ccc(-c2ccc3oc4c(-c5ccccc5)nc(-c5ccc(-n6c7ccc(-c8ccccc8)cc7c7c8ccccc8ccc76)c6ccccc56)nc4c3c2)cc1. The third-order valence-corrected chi connectivity index (χ3v) is 11.6. The topological polar surface area (TPSA) is 43.9 Å². The van der Waals surface area contributed by atoms with Crippen molar-refractivity contribution in [3.63, 3.8) is 0 Å². The van der Waals surface area contributed by atoms with Crippen molar-refractivity contribution in [3.8, 4) is 50.6 Å². The minimum atomic E-state index is 0.655. The minimum absolute atomic E-state index is 0.655. The maximum absolute atomic E-state index is 6.60. The van der Waals surface area contributed by atoms with Gasteiger partial charge in [-0.15, -0.1) is 0 Å². The molecule has 3 aromatic heterocycles. The summed E-state index contributed by atoms with van der Waals surface area (Å²) in [6.07, 6.45) is 0. The van der Waals surface area contributed by atoms with Crippen molar-refractivity contribution in [1.82, 2.24) is 14.5 Å². The van der Waals surface area contributed by atoms with Crippen molar-refractivity contribution in [1.29, 1.82) is 0 Å². The molecule has 9 aromatic carbocycles. The van der Waals surface area contributed by atoms with Crippen LogP contribution in [0.25, 0.3) is 116 Å². The average Bonchev–Trinajstić information content (AvgIpc) is 3.84. The van der Waals surface area contributed by atoms with Crippen LogP contribution in [0.5, 0.6) is 0 Å². The van der Waals surface area contributed by atoms with Crippen LogP contribution in [0.3, 0.4) is 0 Å². The minimum Gasteiger partial charge on any atom is -0.452 e. The summed E-state index contributed by atoms with van der Waals surface area (Å²) < 4.78 is 9.03. The van der Waals surface area contributed by atoms with Gasteiger partial charge in [0.2, 0.25) is 0 Å². The number of furan rings is 1. The van der Waals surface area contributed by atoms with Crippen LogP contribution in [0.15, 0.2) is 205 Å². The normalized spacial score (nSPS) is 11.8. The Morgan fingerprint density at radius 2 is 1.00 bits per heavy atom. The van der Waals surface area contributed by atoms with E-state index in [9.17, 15) is 0 Å². The lowest BCUT2D eigenvalue weighted by molar-refractivity contribution is 0.667. The van der Waals surface area contributed by atoms with Crippen LogP contribution in [0.2, 0.25) is 0 Å². The Bertz CT molecular complexity index is 3550. The van der Waals surface area contributed by atoms with Crippen LogP contribution in [0.1, 0.15) is 0 Å². The second kappa shape index (κ2) is 12.9. The second-order valence-electron chi connectivity index (χ2n) is 14.9. The standard InChI is InChI=1S/C54H33N3O/c1-4-14-34(15-5-1)38-25-28-47-44(32-38)50-40-21-11-10-18-36(40)24-29-48(50)57(47)46-30-27-43(41-22-12-13-23-42(41)46)54-55-51(37-19-8-3-9-20-37)53-52(56-54)45-33-39(26-31-49(45)58-53)35-16-6-2-7-17-35/h1-33H. The first-order valence-electron chi connectivity index (χ1n) is 19.7. The lowest BCUT2D eigenvalue weighted by Gasteiger charge is -2.15. The van der Waals surface area contributed by atoms with E-state index in [1.54, 1.807) is 0 Å². The molecule has 0 aliphatic rings. The first kappa shape index (κ1) is 32.4. The second-order valence-corrected chi connectivity index (χ2v) is 14.9. The number of aromatic nitrogens is 3. The predicted octanol–water partition coefficient (Wildman–Crippen LogP) is 14.4. The Morgan fingerprint density at radius 1 is 0.397 bits per heavy atom. The fourth-order valence-corrected chi connectivity index (χ4v) is 8.90. The van der Waals surface area contributed by atoms with Crippen molar-refractivity contribution >= 4 is 65.4 Å². The van der Waals surface area contributed by atoms with Crippen LogP contribution in [-0.2, 0) is 0 Å². The molecule has 12 rings (SSSR count). The smallest absolute Gasteiger partial charge is 0.180 e. The van der Waals surface area contributed by atoms with E-state index in [-0.39, 0.29) is 0 Å². The summed E-state index contributed by atoms with van der Waals surface area (Å²) in [7, 11) is 0. The zero-order chi connectivity index (χ0) is 38.2. The number of fused-ring (bicyclic) bond motifs is 9. The van der Waals surface area contributed by atoms with Gasteiger partial charge in [0.05, 0.1) is 16.7 Å². The highest BCUT2D eigenvalue weighted by Crippen LogP contribution is 2.43. The molecule has 0 spiro atoms. The molecule has 4 nitrogen and oxygen atoms in total. The van der Waals surface area contributed by atoms with E-state index in [1.165, 1.54) is 38.2 Å². The Hall–Kier alpha value is -7.82. The monoisotopic (exact) mass is 739 g/mol.